The van der Waals surface area contributed by atoms with Crippen molar-refractivity contribution < 1.29 is 23.8 Å². The van der Waals surface area contributed by atoms with Gasteiger partial charge < -0.3 is 19.4 Å². The van der Waals surface area contributed by atoms with Gasteiger partial charge in [0.1, 0.15) is 18.3 Å². The number of halogens is 3. The van der Waals surface area contributed by atoms with Gasteiger partial charge in [-0.15, -0.1) is 0 Å². The number of ether oxygens (including phenoxy) is 3. The third kappa shape index (κ3) is 5.87. The maximum absolute atomic E-state index is 14.8. The number of alkyl halides is 1. The molecule has 28 heavy (non-hydrogen) atoms. The minimum absolute atomic E-state index is 0.0321. The van der Waals surface area contributed by atoms with E-state index < -0.39 is 24.5 Å². The lowest BCUT2D eigenvalue weighted by Crippen LogP contribution is -2.36. The minimum atomic E-state index is -1.39. The van der Waals surface area contributed by atoms with Crippen LogP contribution in [0.3, 0.4) is 0 Å². The van der Waals surface area contributed by atoms with Crippen molar-refractivity contribution in [2.24, 2.45) is 0 Å². The van der Waals surface area contributed by atoms with Gasteiger partial charge in [0, 0.05) is 10.0 Å². The number of benzene rings is 2. The van der Waals surface area contributed by atoms with Gasteiger partial charge in [0.05, 0.1) is 26.4 Å². The zero-order valence-electron chi connectivity index (χ0n) is 15.1. The molecule has 1 unspecified atom stereocenters. The molecule has 0 saturated carbocycles. The molecule has 0 amide bonds. The van der Waals surface area contributed by atoms with E-state index in [9.17, 15) is 4.39 Å². The van der Waals surface area contributed by atoms with E-state index in [1.165, 1.54) is 0 Å². The van der Waals surface area contributed by atoms with Crippen molar-refractivity contribution in [3.63, 3.8) is 0 Å². The standard InChI is InChI=1S/C20H22Cl2FNO4/c21-15-5-1-13(2-6-15)10-26-12-18-20(19(23)17(28-18)9-24-25)27-11-14-3-7-16(22)8-4-14/h1-8,17-20,24-25H,9-12H2/t17?,18-,19-,20-/m1/s1. The van der Waals surface area contributed by atoms with Gasteiger partial charge >= 0.3 is 0 Å². The molecule has 2 N–H and O–H groups in total. The number of nitrogens with one attached hydrogen (secondary N) is 1. The Bertz CT molecular complexity index is 732. The molecule has 2 aromatic carbocycles. The molecule has 5 nitrogen and oxygen atoms in total. The molecule has 1 aliphatic heterocycles. The Hall–Kier alpha value is -1.25. The quantitative estimate of drug-likeness (QED) is 0.585. The summed E-state index contributed by atoms with van der Waals surface area (Å²) in [6.45, 7) is 0.700. The van der Waals surface area contributed by atoms with Crippen molar-refractivity contribution >= 4 is 23.2 Å². The highest BCUT2D eigenvalue weighted by Crippen LogP contribution is 2.28. The summed E-state index contributed by atoms with van der Waals surface area (Å²) in [5.74, 6) is 0. The maximum Gasteiger partial charge on any atom is 0.156 e. The van der Waals surface area contributed by atoms with Crippen LogP contribution in [0.25, 0.3) is 0 Å². The lowest BCUT2D eigenvalue weighted by molar-refractivity contribution is -0.0751. The maximum atomic E-state index is 14.8. The molecule has 0 spiro atoms. The number of hydrogen-bond acceptors (Lipinski definition) is 5. The Kier molecular flexibility index (Phi) is 8.05. The van der Waals surface area contributed by atoms with E-state index in [1.54, 1.807) is 24.3 Å². The monoisotopic (exact) mass is 429 g/mol. The molecule has 8 heteroatoms. The summed E-state index contributed by atoms with van der Waals surface area (Å²) < 4.78 is 32.0. The van der Waals surface area contributed by atoms with Crippen LogP contribution in [0.1, 0.15) is 11.1 Å². The van der Waals surface area contributed by atoms with E-state index >= 15 is 0 Å². The smallest absolute Gasteiger partial charge is 0.156 e. The Balaban J connectivity index is 1.57. The summed E-state index contributed by atoms with van der Waals surface area (Å²) in [4.78, 5) is 0. The molecule has 1 aliphatic rings. The fraction of sp³-hybridized carbons (Fsp3) is 0.400. The van der Waals surface area contributed by atoms with Crippen molar-refractivity contribution in [1.82, 2.24) is 5.48 Å². The second-order valence-corrected chi connectivity index (χ2v) is 7.44. The van der Waals surface area contributed by atoms with Crippen LogP contribution in [0.5, 0.6) is 0 Å². The van der Waals surface area contributed by atoms with Gasteiger partial charge in [-0.2, -0.15) is 0 Å². The lowest BCUT2D eigenvalue weighted by atomic mass is 10.1. The second-order valence-electron chi connectivity index (χ2n) is 6.56. The molecule has 4 atom stereocenters. The normalized spacial score (nSPS) is 24.6. The van der Waals surface area contributed by atoms with E-state index in [2.05, 4.69) is 0 Å². The van der Waals surface area contributed by atoms with Gasteiger partial charge in [-0.05, 0) is 35.4 Å². The van der Waals surface area contributed by atoms with Crippen LogP contribution < -0.4 is 5.48 Å². The van der Waals surface area contributed by atoms with Gasteiger partial charge in [0.25, 0.3) is 0 Å². The molecule has 0 aromatic heterocycles. The highest BCUT2D eigenvalue weighted by Gasteiger charge is 2.45. The van der Waals surface area contributed by atoms with E-state index in [4.69, 9.17) is 42.6 Å². The fourth-order valence-electron chi connectivity index (χ4n) is 3.02. The molecule has 0 aliphatic carbocycles. The van der Waals surface area contributed by atoms with E-state index in [0.29, 0.717) is 16.7 Å². The van der Waals surface area contributed by atoms with E-state index in [0.717, 1.165) is 11.1 Å². The molecule has 0 bridgehead atoms. The number of rotatable bonds is 9. The first-order valence-corrected chi connectivity index (χ1v) is 9.67. The lowest BCUT2D eigenvalue weighted by Gasteiger charge is -2.20. The first-order valence-electron chi connectivity index (χ1n) is 8.91. The van der Waals surface area contributed by atoms with Crippen molar-refractivity contribution in [3.05, 3.63) is 69.7 Å². The Morgan fingerprint density at radius 2 is 1.50 bits per heavy atom. The topological polar surface area (TPSA) is 60.0 Å². The Morgan fingerprint density at radius 1 is 0.929 bits per heavy atom. The second kappa shape index (κ2) is 10.5. The zero-order valence-corrected chi connectivity index (χ0v) is 16.6. The molecular formula is C20H22Cl2FNO4. The zero-order chi connectivity index (χ0) is 19.9. The number of hydrogen-bond donors (Lipinski definition) is 2. The van der Waals surface area contributed by atoms with Crippen molar-refractivity contribution in [3.8, 4) is 0 Å². The van der Waals surface area contributed by atoms with Gasteiger partial charge in [-0.1, -0.05) is 47.5 Å². The summed E-state index contributed by atoms with van der Waals surface area (Å²) in [7, 11) is 0. The molecule has 1 heterocycles. The SMILES string of the molecule is ONCC1O[C@H](COCc2ccc(Cl)cc2)[C@@H](OCc2ccc(Cl)cc2)[C@@H]1F. The summed E-state index contributed by atoms with van der Waals surface area (Å²) in [6, 6.07) is 14.4. The fourth-order valence-corrected chi connectivity index (χ4v) is 3.28. The first kappa shape index (κ1) is 21.5. The van der Waals surface area contributed by atoms with Crippen molar-refractivity contribution in [2.75, 3.05) is 13.2 Å². The molecule has 3 rings (SSSR count). The summed E-state index contributed by atoms with van der Waals surface area (Å²) >= 11 is 11.8. The van der Waals surface area contributed by atoms with Gasteiger partial charge in [0.2, 0.25) is 0 Å². The van der Waals surface area contributed by atoms with Gasteiger partial charge in [-0.3, -0.25) is 0 Å². The third-order valence-corrected chi connectivity index (χ3v) is 5.00. The summed E-state index contributed by atoms with van der Waals surface area (Å²) in [5, 5.41) is 10.2. The highest BCUT2D eigenvalue weighted by atomic mass is 35.5. The largest absolute Gasteiger partial charge is 0.374 e. The van der Waals surface area contributed by atoms with Crippen LogP contribution in [0.15, 0.2) is 48.5 Å². The highest BCUT2D eigenvalue weighted by molar-refractivity contribution is 6.30. The Morgan fingerprint density at radius 3 is 2.07 bits per heavy atom. The predicted molar refractivity (Wildman–Crippen MR) is 104 cm³/mol. The van der Waals surface area contributed by atoms with Crippen molar-refractivity contribution in [2.45, 2.75) is 37.7 Å². The first-order chi connectivity index (χ1) is 13.6. The summed E-state index contributed by atoms with van der Waals surface area (Å²) in [5.41, 5.74) is 3.79. The van der Waals surface area contributed by atoms with Crippen LogP contribution in [-0.4, -0.2) is 42.8 Å². The van der Waals surface area contributed by atoms with Gasteiger partial charge in [0.15, 0.2) is 6.17 Å². The minimum Gasteiger partial charge on any atom is -0.374 e. The van der Waals surface area contributed by atoms with Crippen LogP contribution in [0, 0.1) is 0 Å². The molecule has 1 saturated heterocycles. The van der Waals surface area contributed by atoms with Crippen molar-refractivity contribution in [1.29, 1.82) is 0 Å². The van der Waals surface area contributed by atoms with Crippen LogP contribution in [0.2, 0.25) is 10.0 Å². The molecular weight excluding hydrogens is 408 g/mol. The molecule has 152 valence electrons. The van der Waals surface area contributed by atoms with E-state index in [1.807, 2.05) is 29.7 Å². The molecule has 1 fully saturated rings. The third-order valence-electron chi connectivity index (χ3n) is 4.50. The summed E-state index contributed by atoms with van der Waals surface area (Å²) in [6.07, 6.45) is -3.60. The van der Waals surface area contributed by atoms with Crippen LogP contribution >= 0.6 is 23.2 Å². The van der Waals surface area contributed by atoms with Gasteiger partial charge in [-0.25, -0.2) is 9.87 Å². The average Bonchev–Trinajstić information content (AvgIpc) is 2.98. The molecule has 2 aromatic rings. The average molecular weight is 430 g/mol. The van der Waals surface area contributed by atoms with E-state index in [-0.39, 0.29) is 19.8 Å². The predicted octanol–water partition coefficient (Wildman–Crippen LogP) is 4.18. The number of hydroxylamine groups is 1. The molecule has 0 radical (unpaired) electrons. The van der Waals surface area contributed by atoms with Crippen LogP contribution in [0.4, 0.5) is 4.39 Å². The Labute approximate surface area is 173 Å². The van der Waals surface area contributed by atoms with Crippen LogP contribution in [-0.2, 0) is 27.4 Å².